The normalized spacial score (nSPS) is 10.5. The van der Waals surface area contributed by atoms with Gasteiger partial charge >= 0.3 is 0 Å². The van der Waals surface area contributed by atoms with Gasteiger partial charge in [-0.15, -0.1) is 0 Å². The summed E-state index contributed by atoms with van der Waals surface area (Å²) in [6.45, 7) is 2.17. The number of hydrogen-bond acceptors (Lipinski definition) is 3. The molecule has 1 amide bonds. The van der Waals surface area contributed by atoms with Crippen LogP contribution in [0.15, 0.2) is 66.9 Å². The fourth-order valence-electron chi connectivity index (χ4n) is 2.32. The third-order valence-corrected chi connectivity index (χ3v) is 3.43. The quantitative estimate of drug-likeness (QED) is 0.737. The zero-order valence-electron chi connectivity index (χ0n) is 12.8. The van der Waals surface area contributed by atoms with Crippen LogP contribution in [0.3, 0.4) is 0 Å². The first-order valence-corrected chi connectivity index (χ1v) is 7.31. The van der Waals surface area contributed by atoms with Crippen LogP contribution in [0.4, 0.5) is 0 Å². The number of hydroxylamine groups is 1. The summed E-state index contributed by atoms with van der Waals surface area (Å²) in [4.78, 5) is 21.9. The minimum atomic E-state index is -0.328. The molecule has 0 unspecified atom stereocenters. The molecule has 0 saturated carbocycles. The molecule has 0 saturated heterocycles. The van der Waals surface area contributed by atoms with E-state index in [0.29, 0.717) is 12.3 Å². The standard InChI is InChI=1S/C18H17N3O2/c1-14-19-12-17(21(14)16-10-6-3-7-11-16)18(22)20-23-13-15-8-4-2-5-9-15/h2-12H,13H2,1H3,(H,20,22). The summed E-state index contributed by atoms with van der Waals surface area (Å²) in [5, 5.41) is 0. The van der Waals surface area contributed by atoms with Crippen molar-refractivity contribution in [2.24, 2.45) is 0 Å². The van der Waals surface area contributed by atoms with Crippen molar-refractivity contribution in [3.05, 3.63) is 83.9 Å². The number of nitrogens with one attached hydrogen (secondary N) is 1. The zero-order chi connectivity index (χ0) is 16.1. The third-order valence-electron chi connectivity index (χ3n) is 3.43. The molecule has 1 aromatic heterocycles. The molecule has 0 radical (unpaired) electrons. The average Bonchev–Trinajstić information content (AvgIpc) is 2.98. The maximum absolute atomic E-state index is 12.3. The van der Waals surface area contributed by atoms with Crippen molar-refractivity contribution in [3.63, 3.8) is 0 Å². The summed E-state index contributed by atoms with van der Waals surface area (Å²) in [6, 6.07) is 19.3. The van der Waals surface area contributed by atoms with Gasteiger partial charge in [-0.25, -0.2) is 10.5 Å². The highest BCUT2D eigenvalue weighted by Crippen LogP contribution is 2.14. The molecule has 0 fully saturated rings. The van der Waals surface area contributed by atoms with Crippen molar-refractivity contribution in [2.75, 3.05) is 0 Å². The average molecular weight is 307 g/mol. The molecule has 116 valence electrons. The number of para-hydroxylation sites is 1. The lowest BCUT2D eigenvalue weighted by Crippen LogP contribution is -2.26. The van der Waals surface area contributed by atoms with Crippen molar-refractivity contribution < 1.29 is 9.63 Å². The van der Waals surface area contributed by atoms with E-state index in [0.717, 1.165) is 17.1 Å². The second-order valence-electron chi connectivity index (χ2n) is 5.07. The summed E-state index contributed by atoms with van der Waals surface area (Å²) in [5.74, 6) is 0.412. The molecule has 0 atom stereocenters. The summed E-state index contributed by atoms with van der Waals surface area (Å²) in [7, 11) is 0. The molecule has 5 heteroatoms. The monoisotopic (exact) mass is 307 g/mol. The topological polar surface area (TPSA) is 56.1 Å². The van der Waals surface area contributed by atoms with E-state index in [9.17, 15) is 4.79 Å². The highest BCUT2D eigenvalue weighted by molar-refractivity contribution is 5.92. The Morgan fingerprint density at radius 2 is 1.74 bits per heavy atom. The summed E-state index contributed by atoms with van der Waals surface area (Å²) >= 11 is 0. The van der Waals surface area contributed by atoms with Gasteiger partial charge in [-0.1, -0.05) is 48.5 Å². The third kappa shape index (κ3) is 3.46. The van der Waals surface area contributed by atoms with Crippen LogP contribution in [-0.4, -0.2) is 15.5 Å². The van der Waals surface area contributed by atoms with Crippen LogP contribution in [0.2, 0.25) is 0 Å². The summed E-state index contributed by atoms with van der Waals surface area (Å²) in [5.41, 5.74) is 4.77. The largest absolute Gasteiger partial charge is 0.293 e. The van der Waals surface area contributed by atoms with Gasteiger partial charge < -0.3 is 0 Å². The van der Waals surface area contributed by atoms with Gasteiger partial charge in [0.2, 0.25) is 0 Å². The molecular weight excluding hydrogens is 290 g/mol. The number of benzene rings is 2. The first-order valence-electron chi connectivity index (χ1n) is 7.31. The molecule has 2 aromatic carbocycles. The SMILES string of the molecule is Cc1ncc(C(=O)NOCc2ccccc2)n1-c1ccccc1. The molecule has 0 aliphatic carbocycles. The number of amides is 1. The lowest BCUT2D eigenvalue weighted by molar-refractivity contribution is 0.0228. The second-order valence-corrected chi connectivity index (χ2v) is 5.07. The number of hydrogen-bond donors (Lipinski definition) is 1. The van der Waals surface area contributed by atoms with Gasteiger partial charge in [-0.05, 0) is 24.6 Å². The van der Waals surface area contributed by atoms with Crippen molar-refractivity contribution in [1.29, 1.82) is 0 Å². The van der Waals surface area contributed by atoms with Crippen molar-refractivity contribution >= 4 is 5.91 Å². The number of aryl methyl sites for hydroxylation is 1. The second kappa shape index (κ2) is 6.89. The van der Waals surface area contributed by atoms with Gasteiger partial charge in [0, 0.05) is 5.69 Å². The van der Waals surface area contributed by atoms with Gasteiger partial charge in [0.05, 0.1) is 12.8 Å². The molecule has 0 spiro atoms. The number of imidazole rings is 1. The fraction of sp³-hybridized carbons (Fsp3) is 0.111. The van der Waals surface area contributed by atoms with E-state index >= 15 is 0 Å². The van der Waals surface area contributed by atoms with E-state index in [4.69, 9.17) is 4.84 Å². The lowest BCUT2D eigenvalue weighted by atomic mass is 10.2. The fourth-order valence-corrected chi connectivity index (χ4v) is 2.32. The van der Waals surface area contributed by atoms with Crippen molar-refractivity contribution in [3.8, 4) is 5.69 Å². The number of carbonyl (C=O) groups excluding carboxylic acids is 1. The van der Waals surface area contributed by atoms with Crippen LogP contribution in [0.25, 0.3) is 5.69 Å². The first-order chi connectivity index (χ1) is 11.3. The molecule has 3 rings (SSSR count). The molecule has 3 aromatic rings. The Hall–Kier alpha value is -2.92. The van der Waals surface area contributed by atoms with Crippen LogP contribution in [0.5, 0.6) is 0 Å². The Morgan fingerprint density at radius 3 is 2.43 bits per heavy atom. The van der Waals surface area contributed by atoms with Crippen molar-refractivity contribution in [2.45, 2.75) is 13.5 Å². The van der Waals surface area contributed by atoms with Crippen LogP contribution in [-0.2, 0) is 11.4 Å². The number of carbonyl (C=O) groups is 1. The van der Waals surface area contributed by atoms with Gasteiger partial charge in [0.25, 0.3) is 5.91 Å². The molecule has 0 bridgehead atoms. The molecule has 0 aliphatic heterocycles. The molecular formula is C18H17N3O2. The Kier molecular flexibility index (Phi) is 4.49. The van der Waals surface area contributed by atoms with Gasteiger partial charge in [0.15, 0.2) is 0 Å². The Balaban J connectivity index is 1.71. The molecule has 1 N–H and O–H groups in total. The number of rotatable bonds is 5. The number of aromatic nitrogens is 2. The Morgan fingerprint density at radius 1 is 1.09 bits per heavy atom. The van der Waals surface area contributed by atoms with Crippen LogP contribution in [0, 0.1) is 6.92 Å². The van der Waals surface area contributed by atoms with Crippen LogP contribution >= 0.6 is 0 Å². The maximum Gasteiger partial charge on any atom is 0.293 e. The summed E-state index contributed by atoms with van der Waals surface area (Å²) < 4.78 is 1.79. The van der Waals surface area contributed by atoms with Gasteiger partial charge in [-0.2, -0.15) is 0 Å². The zero-order valence-corrected chi connectivity index (χ0v) is 12.8. The van der Waals surface area contributed by atoms with E-state index in [1.807, 2.05) is 67.6 Å². The van der Waals surface area contributed by atoms with Gasteiger partial charge in [-0.3, -0.25) is 14.2 Å². The first kappa shape index (κ1) is 15.0. The molecule has 5 nitrogen and oxygen atoms in total. The van der Waals surface area contributed by atoms with Gasteiger partial charge in [0.1, 0.15) is 11.5 Å². The predicted octanol–water partition coefficient (Wildman–Crippen LogP) is 3.04. The predicted molar refractivity (Wildman–Crippen MR) is 87.0 cm³/mol. The van der Waals surface area contributed by atoms with Crippen molar-refractivity contribution in [1.82, 2.24) is 15.0 Å². The van der Waals surface area contributed by atoms with E-state index in [1.54, 1.807) is 10.8 Å². The van der Waals surface area contributed by atoms with E-state index in [2.05, 4.69) is 10.5 Å². The Bertz CT molecular complexity index is 783. The number of nitrogens with zero attached hydrogens (tertiary/aromatic N) is 2. The highest BCUT2D eigenvalue weighted by atomic mass is 16.6. The Labute approximate surface area is 134 Å². The van der Waals surface area contributed by atoms with Crippen LogP contribution in [0.1, 0.15) is 21.9 Å². The minimum absolute atomic E-state index is 0.311. The molecule has 0 aliphatic rings. The summed E-state index contributed by atoms with van der Waals surface area (Å²) in [6.07, 6.45) is 1.55. The van der Waals surface area contributed by atoms with Crippen LogP contribution < -0.4 is 5.48 Å². The van der Waals surface area contributed by atoms with E-state index in [1.165, 1.54) is 0 Å². The van der Waals surface area contributed by atoms with E-state index < -0.39 is 0 Å². The smallest absolute Gasteiger partial charge is 0.292 e. The molecule has 1 heterocycles. The lowest BCUT2D eigenvalue weighted by Gasteiger charge is -2.10. The highest BCUT2D eigenvalue weighted by Gasteiger charge is 2.15. The van der Waals surface area contributed by atoms with E-state index in [-0.39, 0.29) is 5.91 Å². The maximum atomic E-state index is 12.3. The minimum Gasteiger partial charge on any atom is -0.292 e. The molecule has 23 heavy (non-hydrogen) atoms.